The Hall–Kier alpha value is -0.240. The zero-order valence-electron chi connectivity index (χ0n) is 10.7. The van der Waals surface area contributed by atoms with E-state index in [-0.39, 0.29) is 27.3 Å². The lowest BCUT2D eigenvalue weighted by Crippen LogP contribution is -2.46. The molecule has 0 amide bonds. The minimum Gasteiger partial charge on any atom is -0.495 e. The van der Waals surface area contributed by atoms with Crippen molar-refractivity contribution in [3.8, 4) is 5.75 Å². The lowest BCUT2D eigenvalue weighted by atomic mass is 10.3. The molecule has 1 aromatic rings. The number of halogens is 3. The number of hydrogen-bond acceptors (Lipinski definition) is 4. The molecular formula is C11H15Cl3N2O3S. The molecule has 0 aliphatic carbocycles. The lowest BCUT2D eigenvalue weighted by Gasteiger charge is -2.27. The fraction of sp³-hybridized carbons (Fsp3) is 0.455. The molecule has 0 saturated carbocycles. The first-order valence-corrected chi connectivity index (χ1v) is 7.90. The Kier molecular flexibility index (Phi) is 6.37. The molecule has 114 valence electrons. The summed E-state index contributed by atoms with van der Waals surface area (Å²) in [7, 11) is -2.17. The molecule has 0 spiro atoms. The SMILES string of the molecule is COc1cc(Cl)c(S(=O)(=O)N2CCNCC2)cc1Cl.Cl. The van der Waals surface area contributed by atoms with Gasteiger partial charge in [0.2, 0.25) is 10.0 Å². The zero-order valence-corrected chi connectivity index (χ0v) is 13.9. The van der Waals surface area contributed by atoms with Gasteiger partial charge in [0.05, 0.1) is 17.2 Å². The minimum absolute atomic E-state index is 0. The molecule has 1 aliphatic heterocycles. The molecule has 1 heterocycles. The summed E-state index contributed by atoms with van der Waals surface area (Å²) in [5.41, 5.74) is 0. The standard InChI is InChI=1S/C11H14Cl2N2O3S.ClH/c1-18-10-6-9(13)11(7-8(10)12)19(16,17)15-4-2-14-3-5-15;/h6-7,14H,2-5H2,1H3;1H. The van der Waals surface area contributed by atoms with Crippen LogP contribution in [0.5, 0.6) is 5.75 Å². The topological polar surface area (TPSA) is 58.6 Å². The van der Waals surface area contributed by atoms with E-state index in [0.717, 1.165) is 0 Å². The molecule has 5 nitrogen and oxygen atoms in total. The third kappa shape index (κ3) is 3.50. The molecular weight excluding hydrogens is 347 g/mol. The van der Waals surface area contributed by atoms with Crippen LogP contribution in [0.4, 0.5) is 0 Å². The van der Waals surface area contributed by atoms with E-state index in [9.17, 15) is 8.42 Å². The van der Waals surface area contributed by atoms with E-state index in [1.165, 1.54) is 23.5 Å². The predicted octanol–water partition coefficient (Wildman–Crippen LogP) is 2.02. The minimum atomic E-state index is -3.62. The smallest absolute Gasteiger partial charge is 0.244 e. The van der Waals surface area contributed by atoms with Gasteiger partial charge in [0.15, 0.2) is 0 Å². The van der Waals surface area contributed by atoms with E-state index in [1.807, 2.05) is 0 Å². The highest BCUT2D eigenvalue weighted by atomic mass is 35.5. The van der Waals surface area contributed by atoms with Crippen LogP contribution in [0.1, 0.15) is 0 Å². The number of rotatable bonds is 3. The molecule has 0 aromatic heterocycles. The molecule has 1 saturated heterocycles. The van der Waals surface area contributed by atoms with Gasteiger partial charge in [0.1, 0.15) is 10.6 Å². The first kappa shape index (κ1) is 17.8. The van der Waals surface area contributed by atoms with Crippen molar-refractivity contribution in [3.05, 3.63) is 22.2 Å². The Morgan fingerprint density at radius 3 is 2.35 bits per heavy atom. The summed E-state index contributed by atoms with van der Waals surface area (Å²) in [5.74, 6) is 0.353. The van der Waals surface area contributed by atoms with Crippen LogP contribution in [0.25, 0.3) is 0 Å². The highest BCUT2D eigenvalue weighted by Gasteiger charge is 2.28. The van der Waals surface area contributed by atoms with E-state index < -0.39 is 10.0 Å². The van der Waals surface area contributed by atoms with Gasteiger partial charge in [0.25, 0.3) is 0 Å². The molecule has 9 heteroatoms. The van der Waals surface area contributed by atoms with E-state index in [2.05, 4.69) is 5.32 Å². The first-order chi connectivity index (χ1) is 8.96. The number of hydrogen-bond donors (Lipinski definition) is 1. The van der Waals surface area contributed by atoms with Crippen LogP contribution in [0, 0.1) is 0 Å². The van der Waals surface area contributed by atoms with Gasteiger partial charge in [-0.05, 0) is 6.07 Å². The van der Waals surface area contributed by atoms with E-state index in [1.54, 1.807) is 0 Å². The van der Waals surface area contributed by atoms with Crippen molar-refractivity contribution in [1.82, 2.24) is 9.62 Å². The number of piperazine rings is 1. The van der Waals surface area contributed by atoms with Crippen LogP contribution in [-0.4, -0.2) is 46.0 Å². The highest BCUT2D eigenvalue weighted by Crippen LogP contribution is 2.34. The molecule has 20 heavy (non-hydrogen) atoms. The van der Waals surface area contributed by atoms with Crippen LogP contribution in [-0.2, 0) is 10.0 Å². The second-order valence-corrected chi connectivity index (χ2v) is 6.79. The summed E-state index contributed by atoms with van der Waals surface area (Å²) in [5, 5.41) is 3.43. The number of methoxy groups -OCH3 is 1. The molecule has 1 aliphatic rings. The monoisotopic (exact) mass is 360 g/mol. The van der Waals surface area contributed by atoms with Crippen molar-refractivity contribution in [1.29, 1.82) is 0 Å². The fourth-order valence-corrected chi connectivity index (χ4v) is 4.15. The van der Waals surface area contributed by atoms with Crippen molar-refractivity contribution in [2.45, 2.75) is 4.90 Å². The Morgan fingerprint density at radius 2 is 1.80 bits per heavy atom. The first-order valence-electron chi connectivity index (χ1n) is 5.70. The number of sulfonamides is 1. The van der Waals surface area contributed by atoms with Crippen molar-refractivity contribution in [2.24, 2.45) is 0 Å². The molecule has 2 rings (SSSR count). The van der Waals surface area contributed by atoms with Gasteiger partial charge in [-0.25, -0.2) is 8.42 Å². The number of ether oxygens (including phenoxy) is 1. The molecule has 1 N–H and O–H groups in total. The Labute approximate surface area is 134 Å². The molecule has 1 aromatic carbocycles. The molecule has 0 radical (unpaired) electrons. The third-order valence-electron chi connectivity index (χ3n) is 2.90. The average molecular weight is 362 g/mol. The van der Waals surface area contributed by atoms with E-state index in [0.29, 0.717) is 31.9 Å². The van der Waals surface area contributed by atoms with Crippen molar-refractivity contribution >= 4 is 45.6 Å². The van der Waals surface area contributed by atoms with Gasteiger partial charge in [-0.1, -0.05) is 23.2 Å². The highest BCUT2D eigenvalue weighted by molar-refractivity contribution is 7.89. The quantitative estimate of drug-likeness (QED) is 0.895. The van der Waals surface area contributed by atoms with Gasteiger partial charge in [-0.2, -0.15) is 4.31 Å². The van der Waals surface area contributed by atoms with Gasteiger partial charge < -0.3 is 10.1 Å². The number of benzene rings is 1. The van der Waals surface area contributed by atoms with Gasteiger partial charge >= 0.3 is 0 Å². The van der Waals surface area contributed by atoms with Gasteiger partial charge in [-0.3, -0.25) is 0 Å². The summed E-state index contributed by atoms with van der Waals surface area (Å²) in [4.78, 5) is 0.0156. The number of nitrogens with one attached hydrogen (secondary N) is 1. The molecule has 1 fully saturated rings. The van der Waals surface area contributed by atoms with Crippen LogP contribution >= 0.6 is 35.6 Å². The fourth-order valence-electron chi connectivity index (χ4n) is 1.89. The summed E-state index contributed by atoms with van der Waals surface area (Å²) in [6.45, 7) is 2.09. The maximum absolute atomic E-state index is 12.5. The van der Waals surface area contributed by atoms with Crippen LogP contribution in [0.3, 0.4) is 0 Å². The second kappa shape index (κ2) is 7.15. The lowest BCUT2D eigenvalue weighted by molar-refractivity contribution is 0.360. The average Bonchev–Trinajstić information content (AvgIpc) is 2.41. The summed E-state index contributed by atoms with van der Waals surface area (Å²) in [6, 6.07) is 2.75. The van der Waals surface area contributed by atoms with E-state index in [4.69, 9.17) is 27.9 Å². The third-order valence-corrected chi connectivity index (χ3v) is 5.56. The second-order valence-electron chi connectivity index (χ2n) is 4.07. The normalized spacial score (nSPS) is 16.6. The number of nitrogens with zero attached hydrogens (tertiary/aromatic N) is 1. The summed E-state index contributed by atoms with van der Waals surface area (Å²) in [6.07, 6.45) is 0. The van der Waals surface area contributed by atoms with Crippen molar-refractivity contribution < 1.29 is 13.2 Å². The maximum Gasteiger partial charge on any atom is 0.244 e. The van der Waals surface area contributed by atoms with Crippen LogP contribution < -0.4 is 10.1 Å². The molecule has 0 bridgehead atoms. The van der Waals surface area contributed by atoms with Gasteiger partial charge in [-0.15, -0.1) is 12.4 Å². The summed E-state index contributed by atoms with van der Waals surface area (Å²) >= 11 is 12.0. The Balaban J connectivity index is 0.00000200. The molecule has 0 atom stereocenters. The Morgan fingerprint density at radius 1 is 1.20 bits per heavy atom. The van der Waals surface area contributed by atoms with E-state index >= 15 is 0 Å². The van der Waals surface area contributed by atoms with Gasteiger partial charge in [0, 0.05) is 32.2 Å². The largest absolute Gasteiger partial charge is 0.495 e. The summed E-state index contributed by atoms with van der Waals surface area (Å²) < 4.78 is 31.3. The van der Waals surface area contributed by atoms with Crippen molar-refractivity contribution in [2.75, 3.05) is 33.3 Å². The maximum atomic E-state index is 12.5. The van der Waals surface area contributed by atoms with Crippen LogP contribution in [0.15, 0.2) is 17.0 Å². The van der Waals surface area contributed by atoms with Crippen LogP contribution in [0.2, 0.25) is 10.0 Å². The van der Waals surface area contributed by atoms with Crippen molar-refractivity contribution in [3.63, 3.8) is 0 Å². The predicted molar refractivity (Wildman–Crippen MR) is 81.9 cm³/mol. The zero-order chi connectivity index (χ0) is 14.0. The molecule has 0 unspecified atom stereocenters. The Bertz CT molecular complexity index is 575.